The number of fused-ring (bicyclic) bond motifs is 3. The third kappa shape index (κ3) is 2.90. The van der Waals surface area contributed by atoms with Gasteiger partial charge < -0.3 is 14.5 Å². The van der Waals surface area contributed by atoms with Crippen molar-refractivity contribution in [3.8, 4) is 11.5 Å². The zero-order chi connectivity index (χ0) is 18.1. The lowest BCUT2D eigenvalue weighted by atomic mass is 10.1. The van der Waals surface area contributed by atoms with Crippen LogP contribution in [0.25, 0.3) is 22.4 Å². The summed E-state index contributed by atoms with van der Waals surface area (Å²) < 4.78 is 11.1. The number of H-pyrrole nitrogens is 1. The molecule has 0 saturated carbocycles. The van der Waals surface area contributed by atoms with E-state index >= 15 is 0 Å². The predicted octanol–water partition coefficient (Wildman–Crippen LogP) is 4.05. The van der Waals surface area contributed by atoms with Gasteiger partial charge in [0.1, 0.15) is 10.7 Å². The van der Waals surface area contributed by atoms with Crippen LogP contribution in [0, 0.1) is 0 Å². The second kappa shape index (κ2) is 6.96. The van der Waals surface area contributed by atoms with Crippen LogP contribution in [0.3, 0.4) is 0 Å². The molecule has 2 aromatic heterocycles. The molecule has 5 nitrogen and oxygen atoms in total. The molecule has 134 valence electrons. The molecule has 0 atom stereocenters. The predicted molar refractivity (Wildman–Crippen MR) is 105 cm³/mol. The van der Waals surface area contributed by atoms with Gasteiger partial charge in [0.25, 0.3) is 5.56 Å². The Morgan fingerprint density at radius 3 is 3.00 bits per heavy atom. The number of hydrogen-bond donors (Lipinski definition) is 1. The van der Waals surface area contributed by atoms with Gasteiger partial charge in [-0.1, -0.05) is 12.1 Å². The first-order valence-corrected chi connectivity index (χ1v) is 9.55. The summed E-state index contributed by atoms with van der Waals surface area (Å²) in [7, 11) is 1.62. The van der Waals surface area contributed by atoms with Crippen LogP contribution in [-0.2, 0) is 12.8 Å². The first-order chi connectivity index (χ1) is 12.7. The summed E-state index contributed by atoms with van der Waals surface area (Å²) in [6, 6.07) is 5.73. The first-order valence-electron chi connectivity index (χ1n) is 8.73. The number of para-hydroxylation sites is 1. The number of nitrogens with zero attached hydrogens (tertiary/aromatic N) is 1. The Balaban J connectivity index is 1.72. The summed E-state index contributed by atoms with van der Waals surface area (Å²) in [5.41, 5.74) is 2.01. The molecule has 26 heavy (non-hydrogen) atoms. The Hall–Kier alpha value is -2.60. The topological polar surface area (TPSA) is 64.2 Å². The zero-order valence-corrected chi connectivity index (χ0v) is 15.6. The van der Waals surface area contributed by atoms with E-state index < -0.39 is 0 Å². The number of methoxy groups -OCH3 is 1. The van der Waals surface area contributed by atoms with E-state index in [0.717, 1.165) is 35.0 Å². The summed E-state index contributed by atoms with van der Waals surface area (Å²) in [4.78, 5) is 22.2. The van der Waals surface area contributed by atoms with E-state index in [0.29, 0.717) is 23.9 Å². The molecule has 0 spiro atoms. The molecule has 2 heterocycles. The van der Waals surface area contributed by atoms with Crippen molar-refractivity contribution in [3.05, 3.63) is 50.4 Å². The molecule has 1 aromatic carbocycles. The van der Waals surface area contributed by atoms with Gasteiger partial charge in [-0.3, -0.25) is 4.79 Å². The highest BCUT2D eigenvalue weighted by molar-refractivity contribution is 7.18. The standard InChI is InChI=1S/C20H20N2O3S/c1-3-25-14-8-4-6-12(18(14)24-2)10-11-16-21-19(23)17-13-7-5-9-15(13)26-20(17)22-16/h4,6,8,10-11H,3,5,7,9H2,1-2H3,(H,21,22,23)/b11-10+. The molecule has 0 saturated heterocycles. The van der Waals surface area contributed by atoms with Gasteiger partial charge in [0.2, 0.25) is 0 Å². The first kappa shape index (κ1) is 16.8. The maximum absolute atomic E-state index is 12.5. The van der Waals surface area contributed by atoms with Gasteiger partial charge >= 0.3 is 0 Å². The van der Waals surface area contributed by atoms with Crippen LogP contribution in [0.5, 0.6) is 11.5 Å². The lowest BCUT2D eigenvalue weighted by molar-refractivity contribution is 0.310. The number of thiophene rings is 1. The van der Waals surface area contributed by atoms with Crippen molar-refractivity contribution in [3.63, 3.8) is 0 Å². The average Bonchev–Trinajstić information content (AvgIpc) is 3.21. The highest BCUT2D eigenvalue weighted by Crippen LogP contribution is 2.35. The largest absolute Gasteiger partial charge is 0.492 e. The van der Waals surface area contributed by atoms with Gasteiger partial charge in [-0.2, -0.15) is 0 Å². The van der Waals surface area contributed by atoms with E-state index in [9.17, 15) is 4.79 Å². The number of rotatable bonds is 5. The highest BCUT2D eigenvalue weighted by atomic mass is 32.1. The summed E-state index contributed by atoms with van der Waals surface area (Å²) >= 11 is 1.64. The maximum Gasteiger partial charge on any atom is 0.260 e. The molecule has 1 aliphatic carbocycles. The smallest absolute Gasteiger partial charge is 0.260 e. The minimum absolute atomic E-state index is 0.0518. The van der Waals surface area contributed by atoms with E-state index in [1.54, 1.807) is 24.5 Å². The maximum atomic E-state index is 12.5. The quantitative estimate of drug-likeness (QED) is 0.738. The van der Waals surface area contributed by atoms with Crippen molar-refractivity contribution in [2.75, 3.05) is 13.7 Å². The number of ether oxygens (including phenoxy) is 2. The fourth-order valence-corrected chi connectivity index (χ4v) is 4.69. The second-order valence-electron chi connectivity index (χ2n) is 6.13. The van der Waals surface area contributed by atoms with Crippen molar-refractivity contribution in [1.82, 2.24) is 9.97 Å². The Kier molecular flexibility index (Phi) is 4.51. The monoisotopic (exact) mass is 368 g/mol. The molecule has 0 radical (unpaired) electrons. The van der Waals surface area contributed by atoms with E-state index in [1.165, 1.54) is 10.4 Å². The number of aromatic amines is 1. The minimum atomic E-state index is -0.0518. The number of aromatic nitrogens is 2. The van der Waals surface area contributed by atoms with Crippen molar-refractivity contribution in [2.45, 2.75) is 26.2 Å². The van der Waals surface area contributed by atoms with Crippen LogP contribution >= 0.6 is 11.3 Å². The summed E-state index contributed by atoms with van der Waals surface area (Å²) in [5.74, 6) is 1.92. The lowest BCUT2D eigenvalue weighted by Gasteiger charge is -2.11. The number of aryl methyl sites for hydroxylation is 2. The van der Waals surface area contributed by atoms with Crippen LogP contribution in [0.1, 0.15) is 35.2 Å². The highest BCUT2D eigenvalue weighted by Gasteiger charge is 2.20. The second-order valence-corrected chi connectivity index (χ2v) is 7.22. The van der Waals surface area contributed by atoms with Crippen LogP contribution < -0.4 is 15.0 Å². The third-order valence-electron chi connectivity index (χ3n) is 4.53. The molecule has 0 fully saturated rings. The number of hydrogen-bond acceptors (Lipinski definition) is 5. The molecule has 3 aromatic rings. The van der Waals surface area contributed by atoms with Gasteiger partial charge in [0, 0.05) is 10.4 Å². The Bertz CT molecular complexity index is 1050. The van der Waals surface area contributed by atoms with E-state index in [4.69, 9.17) is 9.47 Å². The van der Waals surface area contributed by atoms with Gasteiger partial charge in [-0.15, -0.1) is 11.3 Å². The third-order valence-corrected chi connectivity index (χ3v) is 5.71. The fourth-order valence-electron chi connectivity index (χ4n) is 3.42. The van der Waals surface area contributed by atoms with Gasteiger partial charge in [-0.25, -0.2) is 4.98 Å². The molecule has 1 aliphatic rings. The SMILES string of the molecule is CCOc1cccc(/C=C/c2nc3sc4c(c3c(=O)[nH]2)CCC4)c1OC. The van der Waals surface area contributed by atoms with Gasteiger partial charge in [-0.05, 0) is 50.0 Å². The summed E-state index contributed by atoms with van der Waals surface area (Å²) in [6.07, 6.45) is 6.86. The van der Waals surface area contributed by atoms with E-state index in [2.05, 4.69) is 9.97 Å². The van der Waals surface area contributed by atoms with Crippen molar-refractivity contribution in [1.29, 1.82) is 0 Å². The summed E-state index contributed by atoms with van der Waals surface area (Å²) in [6.45, 7) is 2.50. The van der Waals surface area contributed by atoms with Crippen LogP contribution in [0.4, 0.5) is 0 Å². The molecule has 0 bridgehead atoms. The molecule has 1 N–H and O–H groups in total. The fraction of sp³-hybridized carbons (Fsp3) is 0.300. The molecular formula is C20H20N2O3S. The van der Waals surface area contributed by atoms with Crippen LogP contribution in [0.15, 0.2) is 23.0 Å². The molecule has 6 heteroatoms. The van der Waals surface area contributed by atoms with Crippen molar-refractivity contribution < 1.29 is 9.47 Å². The molecule has 4 rings (SSSR count). The Morgan fingerprint density at radius 2 is 2.19 bits per heavy atom. The van der Waals surface area contributed by atoms with Crippen molar-refractivity contribution >= 4 is 33.7 Å². The average molecular weight is 368 g/mol. The molecule has 0 unspecified atom stereocenters. The van der Waals surface area contributed by atoms with E-state index in [-0.39, 0.29) is 5.56 Å². The minimum Gasteiger partial charge on any atom is -0.492 e. The number of benzene rings is 1. The lowest BCUT2D eigenvalue weighted by Crippen LogP contribution is -2.09. The van der Waals surface area contributed by atoms with Crippen LogP contribution in [0.2, 0.25) is 0 Å². The van der Waals surface area contributed by atoms with Crippen LogP contribution in [-0.4, -0.2) is 23.7 Å². The van der Waals surface area contributed by atoms with Gasteiger partial charge in [0.15, 0.2) is 11.5 Å². The summed E-state index contributed by atoms with van der Waals surface area (Å²) in [5, 5.41) is 0.774. The molecule has 0 amide bonds. The normalized spacial score (nSPS) is 13.5. The molecule has 0 aliphatic heterocycles. The van der Waals surface area contributed by atoms with Crippen molar-refractivity contribution in [2.24, 2.45) is 0 Å². The zero-order valence-electron chi connectivity index (χ0n) is 14.8. The van der Waals surface area contributed by atoms with E-state index in [1.807, 2.05) is 31.2 Å². The Labute approximate surface area is 155 Å². The Morgan fingerprint density at radius 1 is 1.31 bits per heavy atom. The van der Waals surface area contributed by atoms with Gasteiger partial charge in [0.05, 0.1) is 19.1 Å². The molecular weight excluding hydrogens is 348 g/mol. The number of nitrogens with one attached hydrogen (secondary N) is 1.